The number of nitrogens with two attached hydrogens (primary N) is 1. The first-order valence-electron chi connectivity index (χ1n) is 6.01. The molecule has 0 saturated heterocycles. The van der Waals surface area contributed by atoms with Crippen molar-refractivity contribution in [1.29, 1.82) is 0 Å². The van der Waals surface area contributed by atoms with Crippen LogP contribution in [-0.2, 0) is 11.0 Å². The van der Waals surface area contributed by atoms with Gasteiger partial charge in [0.2, 0.25) is 11.9 Å². The summed E-state index contributed by atoms with van der Waals surface area (Å²) in [5.74, 6) is -0.872. The molecule has 9 heteroatoms. The van der Waals surface area contributed by atoms with E-state index < -0.39 is 17.8 Å². The average molecular weight is 291 g/mol. The molecular formula is C11H16F3N5O. The maximum absolute atomic E-state index is 12.5. The minimum atomic E-state index is -4.61. The fraction of sp³-hybridized carbons (Fsp3) is 0.545. The Kier molecular flexibility index (Phi) is 5.12. The van der Waals surface area contributed by atoms with Crippen LogP contribution in [0.25, 0.3) is 0 Å². The number of rotatable bonds is 5. The number of halogens is 3. The number of amides is 1. The summed E-state index contributed by atoms with van der Waals surface area (Å²) in [7, 11) is 0. The molecule has 0 atom stereocenters. The largest absolute Gasteiger partial charge is 0.433 e. The maximum atomic E-state index is 12.5. The van der Waals surface area contributed by atoms with Crippen LogP contribution in [0.15, 0.2) is 6.07 Å². The van der Waals surface area contributed by atoms with Crippen LogP contribution >= 0.6 is 0 Å². The first-order valence-corrected chi connectivity index (χ1v) is 6.01. The Bertz CT molecular complexity index is 474. The molecule has 0 radical (unpaired) electrons. The number of likely N-dealkylation sites (N-methyl/N-ethyl adjacent to an activating group) is 1. The van der Waals surface area contributed by atoms with Gasteiger partial charge in [0.05, 0.1) is 6.54 Å². The van der Waals surface area contributed by atoms with Crippen molar-refractivity contribution in [2.24, 2.45) is 0 Å². The number of nitrogen functional groups attached to an aromatic ring is 1. The molecule has 1 heterocycles. The van der Waals surface area contributed by atoms with Gasteiger partial charge in [-0.2, -0.15) is 18.2 Å². The van der Waals surface area contributed by atoms with Gasteiger partial charge in [-0.15, -0.1) is 0 Å². The second kappa shape index (κ2) is 6.40. The van der Waals surface area contributed by atoms with Gasteiger partial charge in [0.1, 0.15) is 5.82 Å². The van der Waals surface area contributed by atoms with Gasteiger partial charge in [0.25, 0.3) is 0 Å². The van der Waals surface area contributed by atoms with Gasteiger partial charge in [-0.05, 0) is 13.8 Å². The highest BCUT2D eigenvalue weighted by atomic mass is 19.4. The molecule has 0 fully saturated rings. The summed E-state index contributed by atoms with van der Waals surface area (Å²) in [4.78, 5) is 20.0. The Morgan fingerprint density at radius 3 is 2.45 bits per heavy atom. The van der Waals surface area contributed by atoms with Crippen LogP contribution in [0.5, 0.6) is 0 Å². The number of nitrogens with zero attached hydrogens (tertiary/aromatic N) is 3. The number of carbonyl (C=O) groups excluding carboxylic acids is 1. The lowest BCUT2D eigenvalue weighted by atomic mass is 10.3. The molecule has 112 valence electrons. The fourth-order valence-electron chi connectivity index (χ4n) is 1.56. The molecule has 1 amide bonds. The summed E-state index contributed by atoms with van der Waals surface area (Å²) in [5, 5.41) is 2.52. The van der Waals surface area contributed by atoms with Crippen LogP contribution in [0.1, 0.15) is 19.5 Å². The van der Waals surface area contributed by atoms with E-state index in [2.05, 4.69) is 15.3 Å². The number of aromatic nitrogens is 2. The van der Waals surface area contributed by atoms with E-state index in [1.165, 1.54) is 0 Å². The summed E-state index contributed by atoms with van der Waals surface area (Å²) in [6.45, 7) is 4.51. The summed E-state index contributed by atoms with van der Waals surface area (Å²) < 4.78 is 37.6. The van der Waals surface area contributed by atoms with Crippen LogP contribution in [0, 0.1) is 0 Å². The van der Waals surface area contributed by atoms with E-state index in [1.54, 1.807) is 4.90 Å². The van der Waals surface area contributed by atoms with Crippen LogP contribution in [0.2, 0.25) is 0 Å². The van der Waals surface area contributed by atoms with E-state index in [-0.39, 0.29) is 18.3 Å². The van der Waals surface area contributed by atoms with Gasteiger partial charge in [-0.25, -0.2) is 4.98 Å². The van der Waals surface area contributed by atoms with Crippen LogP contribution in [0.4, 0.5) is 24.9 Å². The second-order valence-corrected chi connectivity index (χ2v) is 3.91. The number of anilines is 2. The normalized spacial score (nSPS) is 11.2. The Morgan fingerprint density at radius 1 is 1.35 bits per heavy atom. The molecule has 0 spiro atoms. The van der Waals surface area contributed by atoms with E-state index in [4.69, 9.17) is 5.73 Å². The number of hydrogen-bond acceptors (Lipinski definition) is 5. The van der Waals surface area contributed by atoms with E-state index in [1.807, 2.05) is 13.8 Å². The minimum Gasteiger partial charge on any atom is -0.368 e. The molecule has 0 bridgehead atoms. The number of hydrogen-bond donors (Lipinski definition) is 2. The number of carbonyl (C=O) groups is 1. The maximum Gasteiger partial charge on any atom is 0.433 e. The lowest BCUT2D eigenvalue weighted by molar-refractivity contribution is -0.141. The highest BCUT2D eigenvalue weighted by Crippen LogP contribution is 2.29. The van der Waals surface area contributed by atoms with Crippen molar-refractivity contribution in [2.75, 3.05) is 30.7 Å². The molecule has 3 N–H and O–H groups in total. The Balaban J connectivity index is 2.79. The van der Waals surface area contributed by atoms with E-state index in [0.717, 1.165) is 0 Å². The van der Waals surface area contributed by atoms with Gasteiger partial charge < -0.3 is 16.0 Å². The van der Waals surface area contributed by atoms with E-state index in [0.29, 0.717) is 19.2 Å². The third kappa shape index (κ3) is 4.25. The lowest BCUT2D eigenvalue weighted by Crippen LogP contribution is -2.35. The zero-order chi connectivity index (χ0) is 15.3. The predicted molar refractivity (Wildman–Crippen MR) is 67.9 cm³/mol. The van der Waals surface area contributed by atoms with Crippen molar-refractivity contribution < 1.29 is 18.0 Å². The topological polar surface area (TPSA) is 84.1 Å². The van der Waals surface area contributed by atoms with Crippen LogP contribution in [-0.4, -0.2) is 40.4 Å². The zero-order valence-corrected chi connectivity index (χ0v) is 11.2. The van der Waals surface area contributed by atoms with Gasteiger partial charge in [-0.1, -0.05) is 0 Å². The summed E-state index contributed by atoms with van der Waals surface area (Å²) in [5.41, 5.74) is 4.07. The molecular weight excluding hydrogens is 275 g/mol. The standard InChI is InChI=1S/C11H16F3N5O/c1-3-19(4-2)9(20)6-16-8-5-7(11(12,13)14)17-10(15)18-8/h5H,3-4,6H2,1-2H3,(H3,15,16,17,18). The molecule has 0 aliphatic heterocycles. The third-order valence-electron chi connectivity index (χ3n) is 2.57. The monoisotopic (exact) mass is 291 g/mol. The first kappa shape index (κ1) is 16.0. The SMILES string of the molecule is CCN(CC)C(=O)CNc1cc(C(F)(F)F)nc(N)n1. The first-order chi connectivity index (χ1) is 9.27. The fourth-order valence-corrected chi connectivity index (χ4v) is 1.56. The molecule has 20 heavy (non-hydrogen) atoms. The van der Waals surface area contributed by atoms with Gasteiger partial charge >= 0.3 is 6.18 Å². The molecule has 0 aliphatic carbocycles. The molecule has 0 aliphatic rings. The minimum absolute atomic E-state index is 0.134. The quantitative estimate of drug-likeness (QED) is 0.855. The summed E-state index contributed by atoms with van der Waals surface area (Å²) in [6, 6.07) is 0.714. The van der Waals surface area contributed by atoms with Crippen molar-refractivity contribution in [3.05, 3.63) is 11.8 Å². The average Bonchev–Trinajstić information content (AvgIpc) is 2.36. The summed E-state index contributed by atoms with van der Waals surface area (Å²) in [6.07, 6.45) is -4.61. The zero-order valence-electron chi connectivity index (χ0n) is 11.2. The number of alkyl halides is 3. The van der Waals surface area contributed by atoms with E-state index >= 15 is 0 Å². The molecule has 1 aromatic rings. The van der Waals surface area contributed by atoms with Crippen molar-refractivity contribution in [3.8, 4) is 0 Å². The van der Waals surface area contributed by atoms with E-state index in [9.17, 15) is 18.0 Å². The Hall–Kier alpha value is -2.06. The molecule has 0 aromatic carbocycles. The van der Waals surface area contributed by atoms with Crippen molar-refractivity contribution in [2.45, 2.75) is 20.0 Å². The smallest absolute Gasteiger partial charge is 0.368 e. The lowest BCUT2D eigenvalue weighted by Gasteiger charge is -2.19. The van der Waals surface area contributed by atoms with Crippen LogP contribution < -0.4 is 11.1 Å². The second-order valence-electron chi connectivity index (χ2n) is 3.91. The third-order valence-corrected chi connectivity index (χ3v) is 2.57. The Labute approximate surface area is 114 Å². The highest BCUT2D eigenvalue weighted by molar-refractivity contribution is 5.80. The molecule has 0 unspecified atom stereocenters. The van der Waals surface area contributed by atoms with Gasteiger partial charge in [0.15, 0.2) is 5.69 Å². The number of nitrogens with one attached hydrogen (secondary N) is 1. The molecule has 6 nitrogen and oxygen atoms in total. The van der Waals surface area contributed by atoms with Gasteiger partial charge in [-0.3, -0.25) is 4.79 Å². The molecule has 1 aromatic heterocycles. The molecule has 1 rings (SSSR count). The molecule has 0 saturated carbocycles. The predicted octanol–water partition coefficient (Wildman–Crippen LogP) is 1.36. The summed E-state index contributed by atoms with van der Waals surface area (Å²) >= 11 is 0. The van der Waals surface area contributed by atoms with Crippen molar-refractivity contribution in [3.63, 3.8) is 0 Å². The Morgan fingerprint density at radius 2 is 1.95 bits per heavy atom. The van der Waals surface area contributed by atoms with Crippen LogP contribution in [0.3, 0.4) is 0 Å². The van der Waals surface area contributed by atoms with Gasteiger partial charge in [0, 0.05) is 19.2 Å². The van der Waals surface area contributed by atoms with Crippen molar-refractivity contribution >= 4 is 17.7 Å². The van der Waals surface area contributed by atoms with Crippen molar-refractivity contribution in [1.82, 2.24) is 14.9 Å². The highest BCUT2D eigenvalue weighted by Gasteiger charge is 2.33.